The van der Waals surface area contributed by atoms with E-state index in [1.54, 1.807) is 0 Å². The van der Waals surface area contributed by atoms with Crippen molar-refractivity contribution in [3.8, 4) is 0 Å². The third-order valence-electron chi connectivity index (χ3n) is 3.19. The molecule has 0 aromatic rings. The molecule has 0 aromatic heterocycles. The summed E-state index contributed by atoms with van der Waals surface area (Å²) in [4.78, 5) is 13.0. The Kier molecular flexibility index (Phi) is 4.94. The molecule has 2 N–H and O–H groups in total. The lowest BCUT2D eigenvalue weighted by Crippen LogP contribution is -2.33. The van der Waals surface area contributed by atoms with Gasteiger partial charge in [0.05, 0.1) is 0 Å². The lowest BCUT2D eigenvalue weighted by molar-refractivity contribution is -0.118. The molecular weight excluding hydrogens is 176 g/mol. The molecular formula is C11H22N2O. The smallest absolute Gasteiger partial charge is 0.217 e. The van der Waals surface area contributed by atoms with Crippen molar-refractivity contribution in [2.75, 3.05) is 19.6 Å². The molecule has 1 saturated heterocycles. The summed E-state index contributed by atoms with van der Waals surface area (Å²) in [7, 11) is 0. The van der Waals surface area contributed by atoms with Crippen LogP contribution in [0.15, 0.2) is 0 Å². The summed E-state index contributed by atoms with van der Waals surface area (Å²) in [5.41, 5.74) is 5.10. The van der Waals surface area contributed by atoms with Crippen LogP contribution in [0.2, 0.25) is 0 Å². The average Bonchev–Trinajstić information content (AvgIpc) is 2.18. The number of hydrogen-bond acceptors (Lipinski definition) is 2. The molecule has 0 bridgehead atoms. The number of primary amides is 1. The van der Waals surface area contributed by atoms with Gasteiger partial charge in [-0.05, 0) is 51.2 Å². The van der Waals surface area contributed by atoms with Gasteiger partial charge in [0.15, 0.2) is 0 Å². The molecule has 1 amide bonds. The highest BCUT2D eigenvalue weighted by Gasteiger charge is 2.17. The highest BCUT2D eigenvalue weighted by atomic mass is 16.1. The highest BCUT2D eigenvalue weighted by Crippen LogP contribution is 2.22. The maximum atomic E-state index is 10.6. The minimum Gasteiger partial charge on any atom is -0.370 e. The molecule has 0 unspecified atom stereocenters. The Bertz CT molecular complexity index is 174. The van der Waals surface area contributed by atoms with Crippen molar-refractivity contribution >= 4 is 5.91 Å². The standard InChI is InChI=1S/C11H22N2O/c1-2-13-8-6-10(7-9-13)4-3-5-11(12)14/h10H,2-9H2,1H3,(H2,12,14). The van der Waals surface area contributed by atoms with Gasteiger partial charge in [0, 0.05) is 6.42 Å². The maximum absolute atomic E-state index is 10.6. The van der Waals surface area contributed by atoms with E-state index in [1.165, 1.54) is 38.9 Å². The van der Waals surface area contributed by atoms with Gasteiger partial charge < -0.3 is 10.6 Å². The number of nitrogens with zero attached hydrogens (tertiary/aromatic N) is 1. The summed E-state index contributed by atoms with van der Waals surface area (Å²) in [6, 6.07) is 0. The number of nitrogens with two attached hydrogens (primary N) is 1. The molecule has 0 saturated carbocycles. The van der Waals surface area contributed by atoms with Crippen LogP contribution in [-0.2, 0) is 4.79 Å². The fourth-order valence-corrected chi connectivity index (χ4v) is 2.16. The van der Waals surface area contributed by atoms with Gasteiger partial charge in [-0.25, -0.2) is 0 Å². The van der Waals surface area contributed by atoms with Crippen LogP contribution in [0.5, 0.6) is 0 Å². The van der Waals surface area contributed by atoms with E-state index in [0.717, 1.165) is 12.3 Å². The molecule has 82 valence electrons. The second-order valence-corrected chi connectivity index (χ2v) is 4.24. The number of rotatable bonds is 5. The number of amides is 1. The number of hydrogen-bond donors (Lipinski definition) is 1. The number of likely N-dealkylation sites (tertiary alicyclic amines) is 1. The third kappa shape index (κ3) is 4.09. The SMILES string of the molecule is CCN1CCC(CCCC(N)=O)CC1. The Balaban J connectivity index is 2.07. The van der Waals surface area contributed by atoms with Crippen molar-refractivity contribution in [2.45, 2.75) is 39.0 Å². The Morgan fingerprint density at radius 1 is 1.43 bits per heavy atom. The fourth-order valence-electron chi connectivity index (χ4n) is 2.16. The molecule has 1 aliphatic rings. The van der Waals surface area contributed by atoms with Crippen molar-refractivity contribution in [1.29, 1.82) is 0 Å². The summed E-state index contributed by atoms with van der Waals surface area (Å²) in [5.74, 6) is 0.674. The van der Waals surface area contributed by atoms with Crippen LogP contribution in [-0.4, -0.2) is 30.4 Å². The van der Waals surface area contributed by atoms with E-state index in [9.17, 15) is 4.79 Å². The summed E-state index contributed by atoms with van der Waals surface area (Å²) in [6.45, 7) is 5.86. The van der Waals surface area contributed by atoms with Crippen LogP contribution in [0, 0.1) is 5.92 Å². The lowest BCUT2D eigenvalue weighted by Gasteiger charge is -2.30. The van der Waals surface area contributed by atoms with Crippen molar-refractivity contribution in [2.24, 2.45) is 11.7 Å². The van der Waals surface area contributed by atoms with Crippen molar-refractivity contribution < 1.29 is 4.79 Å². The molecule has 0 radical (unpaired) electrons. The Morgan fingerprint density at radius 2 is 2.07 bits per heavy atom. The zero-order valence-electron chi connectivity index (χ0n) is 9.17. The largest absolute Gasteiger partial charge is 0.370 e. The number of carbonyl (C=O) groups is 1. The zero-order valence-corrected chi connectivity index (χ0v) is 9.17. The zero-order chi connectivity index (χ0) is 10.4. The molecule has 0 spiro atoms. The van der Waals surface area contributed by atoms with Gasteiger partial charge in [-0.2, -0.15) is 0 Å². The van der Waals surface area contributed by atoms with E-state index >= 15 is 0 Å². The first kappa shape index (κ1) is 11.5. The van der Waals surface area contributed by atoms with Gasteiger partial charge in [-0.3, -0.25) is 4.79 Å². The van der Waals surface area contributed by atoms with Gasteiger partial charge in [-0.15, -0.1) is 0 Å². The number of piperidine rings is 1. The summed E-state index contributed by atoms with van der Waals surface area (Å²) in [6.07, 6.45) is 5.32. The molecule has 3 heteroatoms. The van der Waals surface area contributed by atoms with Crippen LogP contribution in [0.4, 0.5) is 0 Å². The topological polar surface area (TPSA) is 46.3 Å². The van der Waals surface area contributed by atoms with Crippen molar-refractivity contribution in [1.82, 2.24) is 4.90 Å². The second kappa shape index (κ2) is 6.02. The minimum absolute atomic E-state index is 0.156. The molecule has 1 aliphatic heterocycles. The predicted molar refractivity (Wildman–Crippen MR) is 57.9 cm³/mol. The van der Waals surface area contributed by atoms with Gasteiger partial charge in [0.25, 0.3) is 0 Å². The quantitative estimate of drug-likeness (QED) is 0.725. The van der Waals surface area contributed by atoms with Gasteiger partial charge in [-0.1, -0.05) is 6.92 Å². The van der Waals surface area contributed by atoms with Gasteiger partial charge in [0.1, 0.15) is 0 Å². The van der Waals surface area contributed by atoms with Gasteiger partial charge >= 0.3 is 0 Å². The van der Waals surface area contributed by atoms with Crippen LogP contribution in [0.1, 0.15) is 39.0 Å². The van der Waals surface area contributed by atoms with Crippen LogP contribution in [0.25, 0.3) is 0 Å². The van der Waals surface area contributed by atoms with Crippen molar-refractivity contribution in [3.63, 3.8) is 0 Å². The molecule has 1 rings (SSSR count). The Labute approximate surface area is 86.6 Å². The normalized spacial score (nSPS) is 19.8. The van der Waals surface area contributed by atoms with Crippen LogP contribution >= 0.6 is 0 Å². The Morgan fingerprint density at radius 3 is 2.57 bits per heavy atom. The first-order chi connectivity index (χ1) is 6.72. The number of carbonyl (C=O) groups excluding carboxylic acids is 1. The molecule has 1 fully saturated rings. The maximum Gasteiger partial charge on any atom is 0.217 e. The second-order valence-electron chi connectivity index (χ2n) is 4.24. The molecule has 0 atom stereocenters. The first-order valence-corrected chi connectivity index (χ1v) is 5.73. The molecule has 14 heavy (non-hydrogen) atoms. The summed E-state index contributed by atoms with van der Waals surface area (Å²) < 4.78 is 0. The van der Waals surface area contributed by atoms with Crippen molar-refractivity contribution in [3.05, 3.63) is 0 Å². The third-order valence-corrected chi connectivity index (χ3v) is 3.19. The van der Waals surface area contributed by atoms with E-state index in [-0.39, 0.29) is 5.91 Å². The fraction of sp³-hybridized carbons (Fsp3) is 0.909. The van der Waals surface area contributed by atoms with Gasteiger partial charge in [0.2, 0.25) is 5.91 Å². The predicted octanol–water partition coefficient (Wildman–Crippen LogP) is 1.37. The lowest BCUT2D eigenvalue weighted by atomic mass is 9.91. The minimum atomic E-state index is -0.156. The van der Waals surface area contributed by atoms with E-state index in [0.29, 0.717) is 6.42 Å². The van der Waals surface area contributed by atoms with E-state index in [2.05, 4.69) is 11.8 Å². The van der Waals surface area contributed by atoms with E-state index in [1.807, 2.05) is 0 Å². The van der Waals surface area contributed by atoms with Crippen LogP contribution < -0.4 is 5.73 Å². The highest BCUT2D eigenvalue weighted by molar-refractivity contribution is 5.73. The molecule has 3 nitrogen and oxygen atoms in total. The molecule has 0 aliphatic carbocycles. The summed E-state index contributed by atoms with van der Waals surface area (Å²) >= 11 is 0. The molecule has 0 aromatic carbocycles. The monoisotopic (exact) mass is 198 g/mol. The first-order valence-electron chi connectivity index (χ1n) is 5.73. The molecule has 1 heterocycles. The van der Waals surface area contributed by atoms with Crippen LogP contribution in [0.3, 0.4) is 0 Å². The van der Waals surface area contributed by atoms with E-state index < -0.39 is 0 Å². The Hall–Kier alpha value is -0.570. The van der Waals surface area contributed by atoms with E-state index in [4.69, 9.17) is 5.73 Å². The summed E-state index contributed by atoms with van der Waals surface area (Å²) in [5, 5.41) is 0. The average molecular weight is 198 g/mol.